The minimum Gasteiger partial charge on any atom is -0.353 e. The fraction of sp³-hybridized carbons (Fsp3) is 0.294. The van der Waals surface area contributed by atoms with Crippen molar-refractivity contribution < 1.29 is 0 Å². The minimum atomic E-state index is 0.729. The summed E-state index contributed by atoms with van der Waals surface area (Å²) >= 11 is 0. The molecule has 1 aliphatic rings. The lowest BCUT2D eigenvalue weighted by molar-refractivity contribution is 0.621. The first-order valence-electron chi connectivity index (χ1n) is 8.01. The number of anilines is 1. The highest BCUT2D eigenvalue weighted by Crippen LogP contribution is 2.27. The zero-order valence-electron chi connectivity index (χ0n) is 13.5. The molecule has 0 saturated heterocycles. The highest BCUT2D eigenvalue weighted by atomic mass is 15.2. The van der Waals surface area contributed by atoms with Crippen molar-refractivity contribution in [2.75, 3.05) is 18.5 Å². The summed E-state index contributed by atoms with van der Waals surface area (Å²) in [6, 6.07) is 5.86. The number of H-pyrrole nitrogens is 1. The number of fused-ring (bicyclic) bond motifs is 1. The second kappa shape index (κ2) is 6.37. The third kappa shape index (κ3) is 2.85. The van der Waals surface area contributed by atoms with Gasteiger partial charge in [-0.2, -0.15) is 5.10 Å². The van der Waals surface area contributed by atoms with Crippen LogP contribution in [0.3, 0.4) is 0 Å². The zero-order valence-corrected chi connectivity index (χ0v) is 13.5. The molecule has 0 aliphatic carbocycles. The maximum absolute atomic E-state index is 4.86. The van der Waals surface area contributed by atoms with Crippen LogP contribution in [-0.2, 0) is 19.5 Å². The van der Waals surface area contributed by atoms with Crippen LogP contribution in [0.2, 0.25) is 0 Å². The normalized spacial score (nSPS) is 13.5. The minimum absolute atomic E-state index is 0.729. The molecule has 7 heteroatoms. The fourth-order valence-corrected chi connectivity index (χ4v) is 2.99. The van der Waals surface area contributed by atoms with E-state index in [9.17, 15) is 0 Å². The van der Waals surface area contributed by atoms with E-state index in [1.54, 1.807) is 18.6 Å². The zero-order chi connectivity index (χ0) is 16.4. The van der Waals surface area contributed by atoms with Crippen molar-refractivity contribution >= 4 is 5.82 Å². The molecule has 0 unspecified atom stereocenters. The molecule has 1 aliphatic heterocycles. The van der Waals surface area contributed by atoms with Gasteiger partial charge in [-0.3, -0.25) is 10.1 Å². The number of hydrogen-bond acceptors (Lipinski definition) is 6. The molecular formula is C17H19N7. The Kier molecular flexibility index (Phi) is 3.92. The largest absolute Gasteiger partial charge is 0.353 e. The molecule has 2 N–H and O–H groups in total. The number of rotatable bonds is 4. The third-order valence-electron chi connectivity index (χ3n) is 4.18. The monoisotopic (exact) mass is 321 g/mol. The summed E-state index contributed by atoms with van der Waals surface area (Å²) in [5.41, 5.74) is 4.35. The summed E-state index contributed by atoms with van der Waals surface area (Å²) in [7, 11) is 2.06. The van der Waals surface area contributed by atoms with Crippen molar-refractivity contribution in [2.24, 2.45) is 0 Å². The van der Waals surface area contributed by atoms with Crippen molar-refractivity contribution in [3.05, 3.63) is 53.7 Å². The Morgan fingerprint density at radius 1 is 1.12 bits per heavy atom. The molecular weight excluding hydrogens is 302 g/mol. The Labute approximate surface area is 140 Å². The number of aromatic nitrogens is 5. The van der Waals surface area contributed by atoms with E-state index in [4.69, 9.17) is 9.97 Å². The van der Waals surface area contributed by atoms with E-state index in [1.165, 1.54) is 5.56 Å². The van der Waals surface area contributed by atoms with E-state index in [-0.39, 0.29) is 0 Å². The van der Waals surface area contributed by atoms with E-state index >= 15 is 0 Å². The van der Waals surface area contributed by atoms with Crippen molar-refractivity contribution in [1.29, 1.82) is 0 Å². The predicted molar refractivity (Wildman–Crippen MR) is 91.4 cm³/mol. The molecule has 7 nitrogen and oxygen atoms in total. The van der Waals surface area contributed by atoms with Gasteiger partial charge in [0.2, 0.25) is 0 Å². The lowest BCUT2D eigenvalue weighted by atomic mass is 10.1. The summed E-state index contributed by atoms with van der Waals surface area (Å²) in [6.07, 6.45) is 6.24. The number of hydrogen-bond donors (Lipinski definition) is 2. The average molecular weight is 321 g/mol. The van der Waals surface area contributed by atoms with Crippen molar-refractivity contribution in [2.45, 2.75) is 19.5 Å². The predicted octanol–water partition coefficient (Wildman–Crippen LogP) is 1.54. The molecule has 0 saturated carbocycles. The molecule has 0 spiro atoms. The number of nitrogens with zero attached hydrogens (tertiary/aromatic N) is 5. The first-order chi connectivity index (χ1) is 11.8. The molecule has 4 heterocycles. The highest BCUT2D eigenvalue weighted by molar-refractivity contribution is 5.60. The maximum atomic E-state index is 4.86. The average Bonchev–Trinajstić information content (AvgIpc) is 3.14. The number of nitrogens with one attached hydrogen (secondary N) is 2. The van der Waals surface area contributed by atoms with Crippen molar-refractivity contribution in [3.63, 3.8) is 0 Å². The fourth-order valence-electron chi connectivity index (χ4n) is 2.99. The molecule has 0 bridgehead atoms. The standard InChI is InChI=1S/C17H19N7/c1-24(11-13-4-9-20-23-13)17-14-5-8-19-10-15(14)21-16(22-17)12-2-6-18-7-3-12/h2-4,6-7,9,19H,5,8,10-11H2,1H3,(H,20,23). The van der Waals surface area contributed by atoms with Crippen LogP contribution in [0.5, 0.6) is 0 Å². The first kappa shape index (κ1) is 14.8. The first-order valence-corrected chi connectivity index (χ1v) is 8.01. The van der Waals surface area contributed by atoms with Gasteiger partial charge in [0.25, 0.3) is 0 Å². The molecule has 3 aromatic rings. The lowest BCUT2D eigenvalue weighted by Crippen LogP contribution is -2.29. The van der Waals surface area contributed by atoms with Gasteiger partial charge in [-0.25, -0.2) is 9.97 Å². The van der Waals surface area contributed by atoms with Crippen LogP contribution >= 0.6 is 0 Å². The van der Waals surface area contributed by atoms with Crippen LogP contribution in [0.1, 0.15) is 17.0 Å². The molecule has 0 atom stereocenters. The van der Waals surface area contributed by atoms with Crippen molar-refractivity contribution in [1.82, 2.24) is 30.5 Å². The summed E-state index contributed by atoms with van der Waals surface area (Å²) in [5, 5.41) is 10.4. The molecule has 0 amide bonds. The van der Waals surface area contributed by atoms with Crippen LogP contribution < -0.4 is 10.2 Å². The van der Waals surface area contributed by atoms with Gasteiger partial charge in [0.15, 0.2) is 5.82 Å². The Morgan fingerprint density at radius 2 is 2.00 bits per heavy atom. The van der Waals surface area contributed by atoms with Crippen LogP contribution in [-0.4, -0.2) is 38.7 Å². The second-order valence-electron chi connectivity index (χ2n) is 5.90. The van der Waals surface area contributed by atoms with Crippen LogP contribution in [0, 0.1) is 0 Å². The summed E-state index contributed by atoms with van der Waals surface area (Å²) < 4.78 is 0. The molecule has 4 rings (SSSR count). The topological polar surface area (TPSA) is 82.6 Å². The Morgan fingerprint density at radius 3 is 2.79 bits per heavy atom. The van der Waals surface area contributed by atoms with Crippen molar-refractivity contribution in [3.8, 4) is 11.4 Å². The summed E-state index contributed by atoms with van der Waals surface area (Å²) in [6.45, 7) is 2.46. The lowest BCUT2D eigenvalue weighted by Gasteiger charge is -2.25. The van der Waals surface area contributed by atoms with E-state index in [0.29, 0.717) is 0 Å². The van der Waals surface area contributed by atoms with Crippen LogP contribution in [0.15, 0.2) is 36.8 Å². The second-order valence-corrected chi connectivity index (χ2v) is 5.90. The Balaban J connectivity index is 1.76. The van der Waals surface area contributed by atoms with E-state index in [0.717, 1.165) is 54.6 Å². The third-order valence-corrected chi connectivity index (χ3v) is 4.18. The molecule has 3 aromatic heterocycles. The molecule has 0 aromatic carbocycles. The number of aromatic amines is 1. The molecule has 0 fully saturated rings. The Bertz CT molecular complexity index is 814. The van der Waals surface area contributed by atoms with Crippen LogP contribution in [0.25, 0.3) is 11.4 Å². The maximum Gasteiger partial charge on any atom is 0.161 e. The van der Waals surface area contributed by atoms with E-state index < -0.39 is 0 Å². The highest BCUT2D eigenvalue weighted by Gasteiger charge is 2.20. The van der Waals surface area contributed by atoms with Gasteiger partial charge < -0.3 is 10.2 Å². The quantitative estimate of drug-likeness (QED) is 0.758. The van der Waals surface area contributed by atoms with Gasteiger partial charge in [-0.15, -0.1) is 0 Å². The summed E-state index contributed by atoms with van der Waals surface area (Å²) in [4.78, 5) is 15.9. The van der Waals surface area contributed by atoms with E-state index in [1.807, 2.05) is 18.2 Å². The molecule has 0 radical (unpaired) electrons. The number of pyridine rings is 1. The SMILES string of the molecule is CN(Cc1ccn[nH]1)c1nc(-c2ccncc2)nc2c1CCNC2. The van der Waals surface area contributed by atoms with Gasteiger partial charge >= 0.3 is 0 Å². The van der Waals surface area contributed by atoms with Gasteiger partial charge in [-0.05, 0) is 31.2 Å². The van der Waals surface area contributed by atoms with Gasteiger partial charge in [0, 0.05) is 43.3 Å². The molecule has 24 heavy (non-hydrogen) atoms. The van der Waals surface area contributed by atoms with Crippen LogP contribution in [0.4, 0.5) is 5.82 Å². The summed E-state index contributed by atoms with van der Waals surface area (Å²) in [5.74, 6) is 1.73. The smallest absolute Gasteiger partial charge is 0.161 e. The van der Waals surface area contributed by atoms with Gasteiger partial charge in [0.05, 0.1) is 17.9 Å². The Hall–Kier alpha value is -2.80. The van der Waals surface area contributed by atoms with E-state index in [2.05, 4.69) is 32.4 Å². The molecule has 122 valence electrons. The van der Waals surface area contributed by atoms with Gasteiger partial charge in [-0.1, -0.05) is 0 Å². The van der Waals surface area contributed by atoms with Gasteiger partial charge in [0.1, 0.15) is 5.82 Å².